The molecule has 0 amide bonds. The molecule has 0 aromatic heterocycles. The molecule has 26 heavy (non-hydrogen) atoms. The molecule has 7 nitrogen and oxygen atoms in total. The highest BCUT2D eigenvalue weighted by Crippen LogP contribution is 2.27. The van der Waals surface area contributed by atoms with Gasteiger partial charge in [0.15, 0.2) is 0 Å². The lowest BCUT2D eigenvalue weighted by Crippen LogP contribution is -2.41. The lowest BCUT2D eigenvalue weighted by molar-refractivity contribution is 0.275. The molecule has 148 valence electrons. The average Bonchev–Trinajstić information content (AvgIpc) is 2.56. The van der Waals surface area contributed by atoms with Gasteiger partial charge in [0.25, 0.3) is 0 Å². The molecule has 1 saturated heterocycles. The fourth-order valence-corrected chi connectivity index (χ4v) is 5.35. The number of ether oxygens (including phenoxy) is 1. The summed E-state index contributed by atoms with van der Waals surface area (Å²) in [5.74, 6) is 0.854. The molecule has 1 aliphatic heterocycles. The van der Waals surface area contributed by atoms with Crippen LogP contribution >= 0.6 is 0 Å². The third kappa shape index (κ3) is 5.18. The van der Waals surface area contributed by atoms with E-state index in [0.717, 1.165) is 16.9 Å². The van der Waals surface area contributed by atoms with Crippen LogP contribution in [0.15, 0.2) is 17.0 Å². The predicted octanol–water partition coefficient (Wildman–Crippen LogP) is 1.65. The van der Waals surface area contributed by atoms with Crippen molar-refractivity contribution < 1.29 is 21.6 Å². The second-order valence-corrected chi connectivity index (χ2v) is 10.5. The Labute approximate surface area is 156 Å². The first-order valence-electron chi connectivity index (χ1n) is 8.73. The molecule has 0 unspecified atom stereocenters. The standard InChI is InChI=1S/C17H28N2O5S2/c1-5-24-17-13(2)10-16(11-14(17)3)26(22,23)18-12-15-6-8-19(9-7-15)25(4,20)21/h10-11,15,18H,5-9,12H2,1-4H3. The van der Waals surface area contributed by atoms with E-state index < -0.39 is 20.0 Å². The molecule has 9 heteroatoms. The maximum absolute atomic E-state index is 12.6. The maximum atomic E-state index is 12.6. The molecular formula is C17H28N2O5S2. The van der Waals surface area contributed by atoms with Gasteiger partial charge in [0.05, 0.1) is 17.8 Å². The first-order chi connectivity index (χ1) is 12.0. The quantitative estimate of drug-likeness (QED) is 0.746. The molecule has 0 saturated carbocycles. The number of nitrogens with zero attached hydrogens (tertiary/aromatic N) is 1. The fourth-order valence-electron chi connectivity index (χ4n) is 3.19. The van der Waals surface area contributed by atoms with Gasteiger partial charge >= 0.3 is 0 Å². The highest BCUT2D eigenvalue weighted by atomic mass is 32.2. The van der Waals surface area contributed by atoms with Gasteiger partial charge in [0.2, 0.25) is 20.0 Å². The summed E-state index contributed by atoms with van der Waals surface area (Å²) in [6.45, 7) is 7.26. The van der Waals surface area contributed by atoms with Gasteiger partial charge in [-0.3, -0.25) is 0 Å². The molecule has 1 aromatic rings. The zero-order chi connectivity index (χ0) is 19.5. The second-order valence-electron chi connectivity index (χ2n) is 6.78. The van der Waals surface area contributed by atoms with Gasteiger partial charge in [-0.1, -0.05) is 0 Å². The Hall–Kier alpha value is -1.16. The number of hydrogen-bond donors (Lipinski definition) is 1. The van der Waals surface area contributed by atoms with Crippen LogP contribution < -0.4 is 9.46 Å². The number of rotatable bonds is 7. The molecule has 2 rings (SSSR count). The van der Waals surface area contributed by atoms with Crippen LogP contribution in [0.3, 0.4) is 0 Å². The molecule has 1 aromatic carbocycles. The topological polar surface area (TPSA) is 92.8 Å². The summed E-state index contributed by atoms with van der Waals surface area (Å²) >= 11 is 0. The van der Waals surface area contributed by atoms with Gasteiger partial charge in [0, 0.05) is 19.6 Å². The van der Waals surface area contributed by atoms with Crippen molar-refractivity contribution >= 4 is 20.0 Å². The van der Waals surface area contributed by atoms with E-state index in [-0.39, 0.29) is 10.8 Å². The third-order valence-electron chi connectivity index (χ3n) is 4.64. The van der Waals surface area contributed by atoms with Gasteiger partial charge in [-0.25, -0.2) is 25.9 Å². The monoisotopic (exact) mass is 404 g/mol. The Morgan fingerprint density at radius 2 is 1.65 bits per heavy atom. The fraction of sp³-hybridized carbons (Fsp3) is 0.647. The lowest BCUT2D eigenvalue weighted by atomic mass is 9.99. The van der Waals surface area contributed by atoms with Crippen LogP contribution in [0.5, 0.6) is 5.75 Å². The Kier molecular flexibility index (Phi) is 6.70. The van der Waals surface area contributed by atoms with Crippen LogP contribution in [0, 0.1) is 19.8 Å². The number of hydrogen-bond acceptors (Lipinski definition) is 5. The molecule has 0 bridgehead atoms. The normalized spacial score (nSPS) is 17.4. The van der Waals surface area contributed by atoms with E-state index in [0.29, 0.717) is 39.1 Å². The van der Waals surface area contributed by atoms with Crippen molar-refractivity contribution in [1.82, 2.24) is 9.03 Å². The van der Waals surface area contributed by atoms with Crippen molar-refractivity contribution in [1.29, 1.82) is 0 Å². The van der Waals surface area contributed by atoms with Gasteiger partial charge in [-0.05, 0) is 62.8 Å². The Balaban J connectivity index is 2.02. The van der Waals surface area contributed by atoms with Crippen molar-refractivity contribution in [3.05, 3.63) is 23.3 Å². The van der Waals surface area contributed by atoms with Gasteiger partial charge in [-0.15, -0.1) is 0 Å². The molecule has 1 aliphatic rings. The molecule has 1 fully saturated rings. The Bertz CT molecular complexity index is 819. The number of sulfonamides is 2. The van der Waals surface area contributed by atoms with E-state index in [9.17, 15) is 16.8 Å². The number of aryl methyl sites for hydroxylation is 2. The van der Waals surface area contributed by atoms with Crippen LogP contribution in [0.4, 0.5) is 0 Å². The van der Waals surface area contributed by atoms with E-state index in [2.05, 4.69) is 4.72 Å². The Morgan fingerprint density at radius 3 is 2.12 bits per heavy atom. The molecule has 1 heterocycles. The van der Waals surface area contributed by atoms with Crippen LogP contribution in [0.25, 0.3) is 0 Å². The molecule has 0 radical (unpaired) electrons. The van der Waals surface area contributed by atoms with Gasteiger partial charge in [-0.2, -0.15) is 0 Å². The largest absolute Gasteiger partial charge is 0.493 e. The lowest BCUT2D eigenvalue weighted by Gasteiger charge is -2.30. The van der Waals surface area contributed by atoms with Crippen molar-refractivity contribution in [2.75, 3.05) is 32.5 Å². The summed E-state index contributed by atoms with van der Waals surface area (Å²) in [6, 6.07) is 3.24. The summed E-state index contributed by atoms with van der Waals surface area (Å²) in [5, 5.41) is 0. The molecular weight excluding hydrogens is 376 g/mol. The highest BCUT2D eigenvalue weighted by molar-refractivity contribution is 7.89. The van der Waals surface area contributed by atoms with Crippen LogP contribution in [0.1, 0.15) is 30.9 Å². The summed E-state index contributed by atoms with van der Waals surface area (Å²) < 4.78 is 58.0. The number of piperidine rings is 1. The SMILES string of the molecule is CCOc1c(C)cc(S(=O)(=O)NCC2CCN(S(C)(=O)=O)CC2)cc1C. The van der Waals surface area contributed by atoms with Crippen LogP contribution in [0.2, 0.25) is 0 Å². The van der Waals surface area contributed by atoms with Crippen molar-refractivity contribution in [2.45, 2.75) is 38.5 Å². The van der Waals surface area contributed by atoms with E-state index >= 15 is 0 Å². The van der Waals surface area contributed by atoms with Crippen molar-refractivity contribution in [3.8, 4) is 5.75 Å². The molecule has 0 atom stereocenters. The van der Waals surface area contributed by atoms with E-state index in [1.54, 1.807) is 12.1 Å². The van der Waals surface area contributed by atoms with Gasteiger partial charge in [0.1, 0.15) is 5.75 Å². The smallest absolute Gasteiger partial charge is 0.240 e. The summed E-state index contributed by atoms with van der Waals surface area (Å²) in [7, 11) is -6.79. The number of benzene rings is 1. The predicted molar refractivity (Wildman–Crippen MR) is 101 cm³/mol. The molecule has 1 N–H and O–H groups in total. The minimum Gasteiger partial charge on any atom is -0.493 e. The minimum absolute atomic E-state index is 0.132. The summed E-state index contributed by atoms with van der Waals surface area (Å²) in [6.07, 6.45) is 2.50. The van der Waals surface area contributed by atoms with Crippen molar-refractivity contribution in [3.63, 3.8) is 0 Å². The van der Waals surface area contributed by atoms with Crippen LogP contribution in [-0.4, -0.2) is 53.6 Å². The first kappa shape index (κ1) is 21.1. The third-order valence-corrected chi connectivity index (χ3v) is 7.34. The van der Waals surface area contributed by atoms with Crippen molar-refractivity contribution in [2.24, 2.45) is 5.92 Å². The van der Waals surface area contributed by atoms with E-state index in [1.165, 1.54) is 10.6 Å². The molecule has 0 spiro atoms. The second kappa shape index (κ2) is 8.24. The van der Waals surface area contributed by atoms with Crippen LogP contribution in [-0.2, 0) is 20.0 Å². The minimum atomic E-state index is -3.62. The average molecular weight is 405 g/mol. The Morgan fingerprint density at radius 1 is 1.12 bits per heavy atom. The van der Waals surface area contributed by atoms with Gasteiger partial charge < -0.3 is 4.74 Å². The zero-order valence-corrected chi connectivity index (χ0v) is 17.4. The first-order valence-corrected chi connectivity index (χ1v) is 12.1. The maximum Gasteiger partial charge on any atom is 0.240 e. The molecule has 0 aliphatic carbocycles. The summed E-state index contributed by atoms with van der Waals surface area (Å²) in [5.41, 5.74) is 1.57. The number of nitrogens with one attached hydrogen (secondary N) is 1. The zero-order valence-electron chi connectivity index (χ0n) is 15.8. The van der Waals surface area contributed by atoms with E-state index in [4.69, 9.17) is 4.74 Å². The van der Waals surface area contributed by atoms with E-state index in [1.807, 2.05) is 20.8 Å². The highest BCUT2D eigenvalue weighted by Gasteiger charge is 2.26. The summed E-state index contributed by atoms with van der Waals surface area (Å²) in [4.78, 5) is 0.226.